The highest BCUT2D eigenvalue weighted by Crippen LogP contribution is 2.24. The fourth-order valence-electron chi connectivity index (χ4n) is 1.14. The van der Waals surface area contributed by atoms with E-state index in [1.807, 2.05) is 6.34 Å². The summed E-state index contributed by atoms with van der Waals surface area (Å²) in [5, 5.41) is 0. The van der Waals surface area contributed by atoms with Crippen molar-refractivity contribution < 1.29 is 0 Å². The molecule has 1 heterocycles. The van der Waals surface area contributed by atoms with Gasteiger partial charge in [0.25, 0.3) is 0 Å². The molecule has 0 aliphatic carbocycles. The lowest BCUT2D eigenvalue weighted by Crippen LogP contribution is -2.28. The molecule has 0 aromatic rings. The summed E-state index contributed by atoms with van der Waals surface area (Å²) in [5.41, 5.74) is 0.243. The Morgan fingerprint density at radius 1 is 1.42 bits per heavy atom. The van der Waals surface area contributed by atoms with Crippen LogP contribution in [-0.2, 0) is 0 Å². The van der Waals surface area contributed by atoms with Gasteiger partial charge in [0.15, 0.2) is 0 Å². The minimum absolute atomic E-state index is 0.243. The topological polar surface area (TPSA) is 15.6 Å². The van der Waals surface area contributed by atoms with Crippen molar-refractivity contribution in [2.45, 2.75) is 33.7 Å². The highest BCUT2D eigenvalue weighted by atomic mass is 15.1. The molecule has 0 spiro atoms. The van der Waals surface area contributed by atoms with Crippen molar-refractivity contribution in [3.8, 4) is 0 Å². The van der Waals surface area contributed by atoms with Gasteiger partial charge in [-0.05, 0) is 18.4 Å². The van der Waals surface area contributed by atoms with Crippen LogP contribution in [0, 0.1) is 5.41 Å². The van der Waals surface area contributed by atoms with E-state index < -0.39 is 0 Å². The van der Waals surface area contributed by atoms with Crippen LogP contribution in [0.25, 0.3) is 0 Å². The predicted octanol–water partition coefficient (Wildman–Crippen LogP) is 2.28. The van der Waals surface area contributed by atoms with Gasteiger partial charge in [0.2, 0.25) is 0 Å². The van der Waals surface area contributed by atoms with E-state index in [0.717, 1.165) is 6.54 Å². The van der Waals surface area contributed by atoms with E-state index in [-0.39, 0.29) is 5.41 Å². The van der Waals surface area contributed by atoms with Crippen molar-refractivity contribution in [3.63, 3.8) is 0 Å². The molecule has 0 aromatic carbocycles. The SMILES string of the molecule is CCN1C=CC(C(C)(C)C)N=C1. The molecule has 1 aliphatic rings. The van der Waals surface area contributed by atoms with Gasteiger partial charge in [0.05, 0.1) is 12.4 Å². The van der Waals surface area contributed by atoms with Gasteiger partial charge in [-0.15, -0.1) is 0 Å². The van der Waals surface area contributed by atoms with Crippen LogP contribution in [0.3, 0.4) is 0 Å². The number of nitrogens with zero attached hydrogens (tertiary/aromatic N) is 2. The van der Waals surface area contributed by atoms with Gasteiger partial charge in [0.1, 0.15) is 0 Å². The molecule has 0 saturated heterocycles. The third-order valence-electron chi connectivity index (χ3n) is 2.09. The second-order valence-electron chi connectivity index (χ2n) is 4.25. The molecule has 68 valence electrons. The van der Waals surface area contributed by atoms with E-state index in [1.54, 1.807) is 0 Å². The molecule has 1 unspecified atom stereocenters. The van der Waals surface area contributed by atoms with Gasteiger partial charge >= 0.3 is 0 Å². The molecular formula is C10H18N2. The number of hydrogen-bond donors (Lipinski definition) is 0. The molecule has 1 atom stereocenters. The molecular weight excluding hydrogens is 148 g/mol. The summed E-state index contributed by atoms with van der Waals surface area (Å²) in [7, 11) is 0. The van der Waals surface area contributed by atoms with Crippen LogP contribution in [0.5, 0.6) is 0 Å². The van der Waals surface area contributed by atoms with E-state index in [0.29, 0.717) is 6.04 Å². The van der Waals surface area contributed by atoms with Crippen molar-refractivity contribution in [2.75, 3.05) is 6.54 Å². The molecule has 0 N–H and O–H groups in total. The molecule has 2 nitrogen and oxygen atoms in total. The van der Waals surface area contributed by atoms with Crippen molar-refractivity contribution in [2.24, 2.45) is 10.4 Å². The van der Waals surface area contributed by atoms with Gasteiger partial charge in [-0.25, -0.2) is 0 Å². The van der Waals surface area contributed by atoms with E-state index in [4.69, 9.17) is 0 Å². The first-order valence-electron chi connectivity index (χ1n) is 4.51. The molecule has 0 radical (unpaired) electrons. The zero-order chi connectivity index (χ0) is 9.19. The zero-order valence-electron chi connectivity index (χ0n) is 8.41. The van der Waals surface area contributed by atoms with Crippen molar-refractivity contribution >= 4 is 6.34 Å². The van der Waals surface area contributed by atoms with E-state index in [1.165, 1.54) is 0 Å². The van der Waals surface area contributed by atoms with E-state index in [2.05, 4.69) is 49.9 Å². The average Bonchev–Trinajstić information content (AvgIpc) is 2.03. The summed E-state index contributed by atoms with van der Waals surface area (Å²) in [6.45, 7) is 9.74. The lowest BCUT2D eigenvalue weighted by atomic mass is 9.87. The number of aliphatic imine (C=N–C) groups is 1. The summed E-state index contributed by atoms with van der Waals surface area (Å²) >= 11 is 0. The summed E-state index contributed by atoms with van der Waals surface area (Å²) in [5.74, 6) is 0. The van der Waals surface area contributed by atoms with E-state index in [9.17, 15) is 0 Å². The van der Waals surface area contributed by atoms with Crippen LogP contribution in [0.4, 0.5) is 0 Å². The van der Waals surface area contributed by atoms with Crippen LogP contribution < -0.4 is 0 Å². The highest BCUT2D eigenvalue weighted by Gasteiger charge is 2.22. The van der Waals surface area contributed by atoms with Crippen LogP contribution in [0.2, 0.25) is 0 Å². The third kappa shape index (κ3) is 2.10. The first-order chi connectivity index (χ1) is 5.54. The molecule has 0 saturated carbocycles. The van der Waals surface area contributed by atoms with Gasteiger partial charge < -0.3 is 4.90 Å². The molecule has 0 bridgehead atoms. The summed E-state index contributed by atoms with van der Waals surface area (Å²) in [6, 6.07) is 0.334. The van der Waals surface area contributed by atoms with Crippen LogP contribution in [0.1, 0.15) is 27.7 Å². The second kappa shape index (κ2) is 3.30. The van der Waals surface area contributed by atoms with Crippen LogP contribution in [0.15, 0.2) is 17.3 Å². The lowest BCUT2D eigenvalue weighted by molar-refractivity contribution is 0.358. The molecule has 0 fully saturated rings. The molecule has 2 heteroatoms. The molecule has 1 rings (SSSR count). The Labute approximate surface area is 75.0 Å². The smallest absolute Gasteiger partial charge is 0.0897 e. The average molecular weight is 166 g/mol. The Bertz CT molecular complexity index is 184. The largest absolute Gasteiger partial charge is 0.340 e. The Balaban J connectivity index is 2.61. The highest BCUT2D eigenvalue weighted by molar-refractivity contribution is 5.58. The Kier molecular flexibility index (Phi) is 2.55. The quantitative estimate of drug-likeness (QED) is 0.583. The van der Waals surface area contributed by atoms with E-state index >= 15 is 0 Å². The maximum atomic E-state index is 4.47. The van der Waals surface area contributed by atoms with Gasteiger partial charge in [-0.1, -0.05) is 20.8 Å². The number of hydrogen-bond acceptors (Lipinski definition) is 2. The molecule has 0 amide bonds. The number of rotatable bonds is 1. The minimum atomic E-state index is 0.243. The first-order valence-corrected chi connectivity index (χ1v) is 4.51. The maximum absolute atomic E-state index is 4.47. The second-order valence-corrected chi connectivity index (χ2v) is 4.25. The van der Waals surface area contributed by atoms with Crippen molar-refractivity contribution in [1.82, 2.24) is 4.90 Å². The van der Waals surface area contributed by atoms with Crippen molar-refractivity contribution in [3.05, 3.63) is 12.3 Å². The normalized spacial score (nSPS) is 23.3. The Hall–Kier alpha value is -0.790. The Morgan fingerprint density at radius 2 is 2.08 bits per heavy atom. The minimum Gasteiger partial charge on any atom is -0.340 e. The molecule has 1 aliphatic heterocycles. The maximum Gasteiger partial charge on any atom is 0.0897 e. The summed E-state index contributed by atoms with van der Waals surface area (Å²) < 4.78 is 0. The molecule has 0 aromatic heterocycles. The third-order valence-corrected chi connectivity index (χ3v) is 2.09. The summed E-state index contributed by atoms with van der Waals surface area (Å²) in [4.78, 5) is 6.55. The standard InChI is InChI=1S/C10H18N2/c1-5-12-7-6-9(11-8-12)10(2,3)4/h6-9H,5H2,1-4H3. The van der Waals surface area contributed by atoms with Crippen LogP contribution >= 0.6 is 0 Å². The lowest BCUT2D eigenvalue weighted by Gasteiger charge is -2.28. The van der Waals surface area contributed by atoms with Gasteiger partial charge in [-0.2, -0.15) is 0 Å². The van der Waals surface area contributed by atoms with Gasteiger partial charge in [0, 0.05) is 12.7 Å². The summed E-state index contributed by atoms with van der Waals surface area (Å²) in [6.07, 6.45) is 6.21. The predicted molar refractivity (Wildman–Crippen MR) is 53.3 cm³/mol. The molecule has 12 heavy (non-hydrogen) atoms. The monoisotopic (exact) mass is 166 g/mol. The zero-order valence-corrected chi connectivity index (χ0v) is 8.41. The van der Waals surface area contributed by atoms with Crippen molar-refractivity contribution in [1.29, 1.82) is 0 Å². The first kappa shape index (κ1) is 9.30. The van der Waals surface area contributed by atoms with Crippen LogP contribution in [-0.4, -0.2) is 23.8 Å². The fraction of sp³-hybridized carbons (Fsp3) is 0.700. The fourth-order valence-corrected chi connectivity index (χ4v) is 1.14. The Morgan fingerprint density at radius 3 is 2.42 bits per heavy atom. The van der Waals surface area contributed by atoms with Gasteiger partial charge in [-0.3, -0.25) is 4.99 Å².